The van der Waals surface area contributed by atoms with E-state index in [0.717, 1.165) is 25.0 Å². The number of H-pyrrole nitrogens is 1. The number of carbonyl (C=O) groups excluding carboxylic acids is 2. The zero-order chi connectivity index (χ0) is 20.0. The van der Waals surface area contributed by atoms with Gasteiger partial charge in [0.25, 0.3) is 11.8 Å². The number of nitrogens with zero attached hydrogens (tertiary/aromatic N) is 6. The minimum Gasteiger partial charge on any atom is -0.364 e. The van der Waals surface area contributed by atoms with Gasteiger partial charge in [0.15, 0.2) is 11.3 Å². The van der Waals surface area contributed by atoms with Crippen molar-refractivity contribution in [3.63, 3.8) is 0 Å². The number of nitrogens with two attached hydrogens (primary N) is 1. The summed E-state index contributed by atoms with van der Waals surface area (Å²) in [6.07, 6.45) is 9.49. The molecular formula is C18H17N9O2. The quantitative estimate of drug-likeness (QED) is 0.468. The van der Waals surface area contributed by atoms with Crippen LogP contribution in [0.25, 0.3) is 17.0 Å². The number of carbonyl (C=O) groups is 2. The summed E-state index contributed by atoms with van der Waals surface area (Å²) in [5, 5.41) is 17.9. The number of primary amides is 1. The topological polar surface area (TPSA) is 149 Å². The van der Waals surface area contributed by atoms with Crippen LogP contribution in [-0.2, 0) is 0 Å². The van der Waals surface area contributed by atoms with Crippen LogP contribution in [0.4, 0.5) is 5.69 Å². The maximum atomic E-state index is 12.9. The molecule has 146 valence electrons. The molecule has 2 amide bonds. The first-order valence-corrected chi connectivity index (χ1v) is 9.14. The normalized spacial score (nSPS) is 14.1. The Labute approximate surface area is 163 Å². The molecule has 0 aliphatic heterocycles. The molecule has 1 aliphatic carbocycles. The van der Waals surface area contributed by atoms with Gasteiger partial charge in [0, 0.05) is 18.6 Å². The third-order valence-electron chi connectivity index (χ3n) is 5.05. The largest absolute Gasteiger partial charge is 0.364 e. The number of hydrogen-bond acceptors (Lipinski definition) is 6. The van der Waals surface area contributed by atoms with Crippen LogP contribution in [0.5, 0.6) is 0 Å². The van der Waals surface area contributed by atoms with Crippen LogP contribution in [-0.4, -0.2) is 46.4 Å². The molecule has 11 heteroatoms. The van der Waals surface area contributed by atoms with E-state index in [0.29, 0.717) is 11.3 Å². The maximum absolute atomic E-state index is 12.9. The second kappa shape index (κ2) is 6.55. The van der Waals surface area contributed by atoms with E-state index in [2.05, 4.69) is 30.7 Å². The molecule has 0 bridgehead atoms. The monoisotopic (exact) mass is 391 g/mol. The zero-order valence-electron chi connectivity index (χ0n) is 15.2. The summed E-state index contributed by atoms with van der Waals surface area (Å²) in [7, 11) is 0. The second-order valence-corrected chi connectivity index (χ2v) is 6.88. The van der Waals surface area contributed by atoms with Crippen molar-refractivity contribution < 1.29 is 9.59 Å². The molecule has 29 heavy (non-hydrogen) atoms. The molecule has 5 rings (SSSR count). The van der Waals surface area contributed by atoms with E-state index < -0.39 is 11.8 Å². The van der Waals surface area contributed by atoms with Crippen molar-refractivity contribution >= 4 is 23.1 Å². The average Bonchev–Trinajstić information content (AvgIpc) is 3.39. The van der Waals surface area contributed by atoms with Crippen LogP contribution in [0.2, 0.25) is 0 Å². The predicted octanol–water partition coefficient (Wildman–Crippen LogP) is 1.39. The summed E-state index contributed by atoms with van der Waals surface area (Å²) in [6.45, 7) is 0. The molecular weight excluding hydrogens is 374 g/mol. The number of aromatic nitrogens is 7. The first kappa shape index (κ1) is 17.1. The van der Waals surface area contributed by atoms with Crippen LogP contribution in [0, 0.1) is 0 Å². The number of fused-ring (bicyclic) bond motifs is 1. The lowest BCUT2D eigenvalue weighted by molar-refractivity contribution is 0.0994. The molecule has 0 atom stereocenters. The molecule has 4 heterocycles. The number of rotatable bonds is 5. The number of aromatic amines is 1. The van der Waals surface area contributed by atoms with Crippen molar-refractivity contribution in [2.45, 2.75) is 25.3 Å². The fourth-order valence-electron chi connectivity index (χ4n) is 3.27. The minimum atomic E-state index is -0.696. The van der Waals surface area contributed by atoms with Crippen molar-refractivity contribution in [3.8, 4) is 11.4 Å². The van der Waals surface area contributed by atoms with E-state index in [1.807, 2.05) is 0 Å². The Morgan fingerprint density at radius 3 is 2.83 bits per heavy atom. The lowest BCUT2D eigenvalue weighted by Gasteiger charge is -2.25. The van der Waals surface area contributed by atoms with Gasteiger partial charge < -0.3 is 11.1 Å². The smallest absolute Gasteiger partial charge is 0.271 e. The molecule has 0 spiro atoms. The Kier molecular flexibility index (Phi) is 3.86. The van der Waals surface area contributed by atoms with Gasteiger partial charge in [-0.15, -0.1) is 0 Å². The lowest BCUT2D eigenvalue weighted by Crippen LogP contribution is -2.19. The SMILES string of the molecule is NC(=O)c1nn(C2CCC2)cc1NC(=O)c1cnn2ccc(-c3ccn[nH]3)nc12. The lowest BCUT2D eigenvalue weighted by atomic mass is 9.93. The molecule has 1 saturated carbocycles. The molecule has 0 unspecified atom stereocenters. The summed E-state index contributed by atoms with van der Waals surface area (Å²) < 4.78 is 3.20. The molecule has 1 fully saturated rings. The van der Waals surface area contributed by atoms with Crippen molar-refractivity contribution in [3.05, 3.63) is 48.2 Å². The predicted molar refractivity (Wildman–Crippen MR) is 102 cm³/mol. The average molecular weight is 391 g/mol. The summed E-state index contributed by atoms with van der Waals surface area (Å²) in [6, 6.07) is 3.78. The van der Waals surface area contributed by atoms with Gasteiger partial charge in [-0.2, -0.15) is 15.3 Å². The van der Waals surface area contributed by atoms with Crippen molar-refractivity contribution in [1.29, 1.82) is 0 Å². The number of hydrogen-bond donors (Lipinski definition) is 3. The molecule has 0 radical (unpaired) electrons. The molecule has 11 nitrogen and oxygen atoms in total. The summed E-state index contributed by atoms with van der Waals surface area (Å²) in [4.78, 5) is 29.2. The minimum absolute atomic E-state index is 0.0350. The van der Waals surface area contributed by atoms with E-state index in [9.17, 15) is 9.59 Å². The number of nitrogens with one attached hydrogen (secondary N) is 2. The van der Waals surface area contributed by atoms with Crippen LogP contribution in [0.15, 0.2) is 36.9 Å². The Bertz CT molecular complexity index is 1220. The molecule has 4 N–H and O–H groups in total. The third-order valence-corrected chi connectivity index (χ3v) is 5.05. The maximum Gasteiger partial charge on any atom is 0.271 e. The van der Waals surface area contributed by atoms with Gasteiger partial charge >= 0.3 is 0 Å². The molecule has 0 aromatic carbocycles. The highest BCUT2D eigenvalue weighted by atomic mass is 16.2. The third kappa shape index (κ3) is 2.92. The van der Waals surface area contributed by atoms with E-state index in [1.165, 1.54) is 10.7 Å². The summed E-state index contributed by atoms with van der Waals surface area (Å²) >= 11 is 0. The highest BCUT2D eigenvalue weighted by Gasteiger charge is 2.25. The van der Waals surface area contributed by atoms with Crippen LogP contribution >= 0.6 is 0 Å². The summed E-state index contributed by atoms with van der Waals surface area (Å²) in [5.41, 5.74) is 7.74. The van der Waals surface area contributed by atoms with E-state index in [4.69, 9.17) is 5.73 Å². The Balaban J connectivity index is 1.48. The summed E-state index contributed by atoms with van der Waals surface area (Å²) in [5.74, 6) is -1.15. The fraction of sp³-hybridized carbons (Fsp3) is 0.222. The molecule has 1 aliphatic rings. The highest BCUT2D eigenvalue weighted by molar-refractivity contribution is 6.10. The van der Waals surface area contributed by atoms with Gasteiger partial charge in [0.2, 0.25) is 0 Å². The first-order valence-electron chi connectivity index (χ1n) is 9.14. The Morgan fingerprint density at radius 1 is 1.28 bits per heavy atom. The molecule has 4 aromatic heterocycles. The Morgan fingerprint density at radius 2 is 2.14 bits per heavy atom. The van der Waals surface area contributed by atoms with Crippen molar-refractivity contribution in [2.75, 3.05) is 5.32 Å². The number of amides is 2. The standard InChI is InChI=1S/C18H17N9O2/c19-16(28)15-14(9-27(25-15)10-2-1-3-10)23-18(29)11-8-21-26-7-5-12(22-17(11)26)13-4-6-20-24-13/h4-10H,1-3H2,(H2,19,28)(H,20,24)(H,23,29). The van der Waals surface area contributed by atoms with Gasteiger partial charge in [0.1, 0.15) is 5.56 Å². The fourth-order valence-corrected chi connectivity index (χ4v) is 3.27. The van der Waals surface area contributed by atoms with Gasteiger partial charge in [-0.25, -0.2) is 9.50 Å². The van der Waals surface area contributed by atoms with E-state index in [1.54, 1.807) is 35.4 Å². The molecule has 4 aromatic rings. The first-order chi connectivity index (χ1) is 14.1. The highest BCUT2D eigenvalue weighted by Crippen LogP contribution is 2.32. The van der Waals surface area contributed by atoms with Gasteiger partial charge in [-0.3, -0.25) is 19.4 Å². The molecule has 0 saturated heterocycles. The zero-order valence-corrected chi connectivity index (χ0v) is 15.2. The van der Waals surface area contributed by atoms with Crippen molar-refractivity contribution in [1.82, 2.24) is 34.6 Å². The van der Waals surface area contributed by atoms with Gasteiger partial charge in [-0.1, -0.05) is 0 Å². The van der Waals surface area contributed by atoms with Crippen LogP contribution in [0.1, 0.15) is 46.2 Å². The van der Waals surface area contributed by atoms with Crippen LogP contribution < -0.4 is 11.1 Å². The second-order valence-electron chi connectivity index (χ2n) is 6.88. The van der Waals surface area contributed by atoms with Gasteiger partial charge in [-0.05, 0) is 31.4 Å². The number of anilines is 1. The van der Waals surface area contributed by atoms with E-state index >= 15 is 0 Å². The van der Waals surface area contributed by atoms with Crippen LogP contribution in [0.3, 0.4) is 0 Å². The van der Waals surface area contributed by atoms with Gasteiger partial charge in [0.05, 0.1) is 29.3 Å². The Hall–Kier alpha value is -4.02. The van der Waals surface area contributed by atoms with E-state index in [-0.39, 0.29) is 23.0 Å². The van der Waals surface area contributed by atoms with Crippen molar-refractivity contribution in [2.24, 2.45) is 5.73 Å².